The van der Waals surface area contributed by atoms with Crippen LogP contribution < -0.4 is 10.6 Å². The summed E-state index contributed by atoms with van der Waals surface area (Å²) in [7, 11) is 0. The zero-order valence-corrected chi connectivity index (χ0v) is 11.5. The van der Waals surface area contributed by atoms with Gasteiger partial charge in [0.05, 0.1) is 6.54 Å². The van der Waals surface area contributed by atoms with E-state index in [1.807, 2.05) is 16.8 Å². The summed E-state index contributed by atoms with van der Waals surface area (Å²) >= 11 is 1.62. The van der Waals surface area contributed by atoms with Gasteiger partial charge in [0.15, 0.2) is 0 Å². The van der Waals surface area contributed by atoms with Gasteiger partial charge in [-0.2, -0.15) is 11.3 Å². The maximum Gasteiger partial charge on any atom is 0.238 e. The Bertz CT molecular complexity index is 552. The third-order valence-electron chi connectivity index (χ3n) is 2.68. The molecule has 2 N–H and O–H groups in total. The highest BCUT2D eigenvalue weighted by atomic mass is 32.1. The Labute approximate surface area is 119 Å². The van der Waals surface area contributed by atoms with Gasteiger partial charge in [-0.3, -0.25) is 4.79 Å². The predicted octanol–water partition coefficient (Wildman–Crippen LogP) is 2.80. The maximum absolute atomic E-state index is 13.3. The van der Waals surface area contributed by atoms with Crippen molar-refractivity contribution >= 4 is 22.9 Å². The molecule has 1 aromatic carbocycles. The Morgan fingerprint density at radius 3 is 2.60 bits per heavy atom. The lowest BCUT2D eigenvalue weighted by atomic mass is 10.2. The van der Waals surface area contributed by atoms with Crippen LogP contribution >= 0.6 is 11.3 Å². The van der Waals surface area contributed by atoms with Gasteiger partial charge in [0, 0.05) is 0 Å². The van der Waals surface area contributed by atoms with Crippen molar-refractivity contribution in [1.82, 2.24) is 5.32 Å². The first-order chi connectivity index (χ1) is 9.66. The molecule has 106 valence electrons. The first-order valence-electron chi connectivity index (χ1n) is 6.12. The number of para-hydroxylation sites is 1. The number of amides is 1. The molecule has 20 heavy (non-hydrogen) atoms. The highest BCUT2D eigenvalue weighted by molar-refractivity contribution is 7.07. The summed E-state index contributed by atoms with van der Waals surface area (Å²) in [5.74, 6) is -2.03. The number of thiophene rings is 1. The zero-order chi connectivity index (χ0) is 14.4. The van der Waals surface area contributed by atoms with E-state index in [2.05, 4.69) is 10.6 Å². The van der Waals surface area contributed by atoms with E-state index in [1.165, 1.54) is 11.6 Å². The van der Waals surface area contributed by atoms with Gasteiger partial charge in [-0.1, -0.05) is 6.07 Å². The van der Waals surface area contributed by atoms with Crippen LogP contribution in [0.15, 0.2) is 35.0 Å². The number of anilines is 1. The van der Waals surface area contributed by atoms with Crippen molar-refractivity contribution in [3.05, 3.63) is 52.2 Å². The van der Waals surface area contributed by atoms with Crippen LogP contribution in [0, 0.1) is 11.6 Å². The second-order valence-electron chi connectivity index (χ2n) is 4.20. The van der Waals surface area contributed by atoms with E-state index >= 15 is 0 Å². The summed E-state index contributed by atoms with van der Waals surface area (Å²) in [4.78, 5) is 11.6. The largest absolute Gasteiger partial charge is 0.320 e. The summed E-state index contributed by atoms with van der Waals surface area (Å²) in [6.07, 6.45) is 0.810. The van der Waals surface area contributed by atoms with E-state index in [9.17, 15) is 13.6 Å². The van der Waals surface area contributed by atoms with Gasteiger partial charge in [-0.05, 0) is 47.5 Å². The molecule has 2 aromatic rings. The SMILES string of the molecule is O=C(CNCCc1ccsc1)Nc1c(F)cccc1F. The monoisotopic (exact) mass is 296 g/mol. The first-order valence-corrected chi connectivity index (χ1v) is 7.07. The molecule has 3 nitrogen and oxygen atoms in total. The first kappa shape index (κ1) is 14.6. The lowest BCUT2D eigenvalue weighted by Crippen LogP contribution is -2.30. The number of carbonyl (C=O) groups is 1. The third kappa shape index (κ3) is 4.11. The normalized spacial score (nSPS) is 10.5. The summed E-state index contributed by atoms with van der Waals surface area (Å²) in [5.41, 5.74) is 0.792. The molecule has 6 heteroatoms. The fourth-order valence-electron chi connectivity index (χ4n) is 1.67. The Hall–Kier alpha value is -1.79. The minimum absolute atomic E-state index is 0.0118. The average molecular weight is 296 g/mol. The van der Waals surface area contributed by atoms with Crippen molar-refractivity contribution in [2.45, 2.75) is 6.42 Å². The molecule has 1 aromatic heterocycles. The minimum Gasteiger partial charge on any atom is -0.320 e. The number of benzene rings is 1. The Balaban J connectivity index is 1.75. The van der Waals surface area contributed by atoms with Crippen molar-refractivity contribution in [3.63, 3.8) is 0 Å². The molecule has 0 spiro atoms. The smallest absolute Gasteiger partial charge is 0.238 e. The van der Waals surface area contributed by atoms with Crippen LogP contribution in [0.25, 0.3) is 0 Å². The Kier molecular flexibility index (Phi) is 5.20. The van der Waals surface area contributed by atoms with Crippen LogP contribution in [0.5, 0.6) is 0 Å². The standard InChI is InChI=1S/C14H14F2N2OS/c15-11-2-1-3-12(16)14(11)18-13(19)8-17-6-4-10-5-7-20-9-10/h1-3,5,7,9,17H,4,6,8H2,(H,18,19). The van der Waals surface area contributed by atoms with Crippen LogP contribution in [0.2, 0.25) is 0 Å². The number of carbonyl (C=O) groups excluding carboxylic acids is 1. The van der Waals surface area contributed by atoms with Crippen LogP contribution in [-0.4, -0.2) is 19.0 Å². The number of hydrogen-bond acceptors (Lipinski definition) is 3. The third-order valence-corrected chi connectivity index (χ3v) is 3.42. The summed E-state index contributed by atoms with van der Waals surface area (Å²) in [6.45, 7) is 0.641. The molecule has 0 saturated carbocycles. The van der Waals surface area contributed by atoms with E-state index < -0.39 is 23.2 Å². The molecule has 0 fully saturated rings. The molecule has 1 amide bonds. The molecule has 0 aliphatic carbocycles. The van der Waals surface area contributed by atoms with Gasteiger partial charge in [0.1, 0.15) is 17.3 Å². The molecular formula is C14H14F2N2OS. The van der Waals surface area contributed by atoms with Gasteiger partial charge in [-0.15, -0.1) is 0 Å². The molecule has 0 bridgehead atoms. The highest BCUT2D eigenvalue weighted by Crippen LogP contribution is 2.17. The van der Waals surface area contributed by atoms with Crippen LogP contribution in [0.4, 0.5) is 14.5 Å². The van der Waals surface area contributed by atoms with E-state index in [-0.39, 0.29) is 6.54 Å². The van der Waals surface area contributed by atoms with E-state index in [1.54, 1.807) is 11.3 Å². The van der Waals surface area contributed by atoms with E-state index in [0.717, 1.165) is 18.6 Å². The van der Waals surface area contributed by atoms with Crippen LogP contribution in [0.3, 0.4) is 0 Å². The number of nitrogens with one attached hydrogen (secondary N) is 2. The second-order valence-corrected chi connectivity index (χ2v) is 4.98. The van der Waals surface area contributed by atoms with E-state index in [4.69, 9.17) is 0 Å². The minimum atomic E-state index is -0.781. The van der Waals surface area contributed by atoms with Gasteiger partial charge >= 0.3 is 0 Å². The quantitative estimate of drug-likeness (QED) is 0.805. The molecule has 2 rings (SSSR count). The molecule has 0 saturated heterocycles. The van der Waals surface area contributed by atoms with Gasteiger partial charge in [0.25, 0.3) is 0 Å². The highest BCUT2D eigenvalue weighted by Gasteiger charge is 2.11. The Morgan fingerprint density at radius 1 is 1.20 bits per heavy atom. The molecule has 0 radical (unpaired) electrons. The molecular weight excluding hydrogens is 282 g/mol. The fraction of sp³-hybridized carbons (Fsp3) is 0.214. The van der Waals surface area contributed by atoms with Crippen molar-refractivity contribution in [2.24, 2.45) is 0 Å². The van der Waals surface area contributed by atoms with Gasteiger partial charge in [0.2, 0.25) is 5.91 Å². The predicted molar refractivity (Wildman–Crippen MR) is 75.9 cm³/mol. The summed E-state index contributed by atoms with van der Waals surface area (Å²) < 4.78 is 26.6. The van der Waals surface area contributed by atoms with Gasteiger partial charge in [-0.25, -0.2) is 8.78 Å². The van der Waals surface area contributed by atoms with Crippen LogP contribution in [0.1, 0.15) is 5.56 Å². The molecule has 0 aliphatic rings. The topological polar surface area (TPSA) is 41.1 Å². The maximum atomic E-state index is 13.3. The van der Waals surface area contributed by atoms with Gasteiger partial charge < -0.3 is 10.6 Å². The fourth-order valence-corrected chi connectivity index (χ4v) is 2.37. The molecule has 0 unspecified atom stereocenters. The number of halogens is 2. The van der Waals surface area contributed by atoms with Crippen LogP contribution in [-0.2, 0) is 11.2 Å². The molecule has 0 aliphatic heterocycles. The lowest BCUT2D eigenvalue weighted by Gasteiger charge is -2.08. The van der Waals surface area contributed by atoms with E-state index in [0.29, 0.717) is 6.54 Å². The summed E-state index contributed by atoms with van der Waals surface area (Å²) in [6, 6.07) is 5.46. The van der Waals surface area contributed by atoms with Crippen molar-refractivity contribution in [3.8, 4) is 0 Å². The zero-order valence-electron chi connectivity index (χ0n) is 10.7. The number of hydrogen-bond donors (Lipinski definition) is 2. The van der Waals surface area contributed by atoms with Crippen molar-refractivity contribution < 1.29 is 13.6 Å². The lowest BCUT2D eigenvalue weighted by molar-refractivity contribution is -0.115. The molecule has 0 atom stereocenters. The Morgan fingerprint density at radius 2 is 1.95 bits per heavy atom. The average Bonchev–Trinajstić information content (AvgIpc) is 2.92. The van der Waals surface area contributed by atoms with Crippen molar-refractivity contribution in [1.29, 1.82) is 0 Å². The second kappa shape index (κ2) is 7.12. The summed E-state index contributed by atoms with van der Waals surface area (Å²) in [5, 5.41) is 9.18. The van der Waals surface area contributed by atoms with Crippen molar-refractivity contribution in [2.75, 3.05) is 18.4 Å². The molecule has 1 heterocycles. The number of rotatable bonds is 6.